The van der Waals surface area contributed by atoms with Crippen LogP contribution in [0.1, 0.15) is 62.1 Å². The summed E-state index contributed by atoms with van der Waals surface area (Å²) in [5, 5.41) is -1.90. The zero-order valence-corrected chi connectivity index (χ0v) is 24.7. The largest absolute Gasteiger partial charge is 0.276 e. The summed E-state index contributed by atoms with van der Waals surface area (Å²) in [7, 11) is 0. The first-order valence-electron chi connectivity index (χ1n) is 11.8. The van der Waals surface area contributed by atoms with E-state index in [2.05, 4.69) is 0 Å². The summed E-state index contributed by atoms with van der Waals surface area (Å²) in [6, 6.07) is 8.21. The highest BCUT2D eigenvalue weighted by atomic mass is 35.5. The molecule has 0 amide bonds. The predicted octanol–water partition coefficient (Wildman–Crippen LogP) is 9.19. The maximum absolute atomic E-state index is 12.8. The van der Waals surface area contributed by atoms with Crippen molar-refractivity contribution in [3.05, 3.63) is 69.8 Å². The molecule has 0 saturated heterocycles. The van der Waals surface area contributed by atoms with Crippen LogP contribution in [0.2, 0.25) is 0 Å². The van der Waals surface area contributed by atoms with Crippen LogP contribution in [0.5, 0.6) is 0 Å². The summed E-state index contributed by atoms with van der Waals surface area (Å²) in [6.07, 6.45) is 0. The zero-order valence-electron chi connectivity index (χ0n) is 20.2. The Morgan fingerprint density at radius 3 is 0.500 bits per heavy atom. The van der Waals surface area contributed by atoms with Gasteiger partial charge in [0.1, 0.15) is 0 Å². The van der Waals surface area contributed by atoms with E-state index in [1.165, 1.54) is 36.4 Å². The standard InChI is InChI=1S/C30H6Cl6O6/c31-25(37)13-1-7-14(26(32)38)3-9-16(28(34)40)5-11-17(29(35)41)6-12-18(30(36)42)4-10-15(27(33)39)2-8(13)20-19(7)21(9)23(11)24(12)22(10)20/h1-6H. The molecular weight excluding hydrogens is 669 g/mol. The van der Waals surface area contributed by atoms with Crippen LogP contribution in [0.15, 0.2) is 36.4 Å². The molecule has 6 nitrogen and oxygen atoms in total. The average molecular weight is 675 g/mol. The topological polar surface area (TPSA) is 102 Å². The maximum atomic E-state index is 12.8. The first-order valence-corrected chi connectivity index (χ1v) is 14.1. The van der Waals surface area contributed by atoms with Gasteiger partial charge in [-0.25, -0.2) is 0 Å². The summed E-state index contributed by atoms with van der Waals surface area (Å²) in [4.78, 5) is 76.5. The van der Waals surface area contributed by atoms with E-state index < -0.39 is 31.5 Å². The molecule has 0 atom stereocenters. The Morgan fingerprint density at radius 1 is 0.286 bits per heavy atom. The van der Waals surface area contributed by atoms with Crippen molar-refractivity contribution in [2.75, 3.05) is 0 Å². The van der Waals surface area contributed by atoms with Crippen LogP contribution in [0, 0.1) is 0 Å². The normalized spacial score (nSPS) is 12.1. The van der Waals surface area contributed by atoms with Gasteiger partial charge in [0, 0.05) is 33.4 Å². The molecule has 7 aromatic carbocycles. The Bertz CT molecular complexity index is 2010. The molecule has 0 bridgehead atoms. The fraction of sp³-hybridized carbons (Fsp3) is 0. The van der Waals surface area contributed by atoms with Crippen molar-refractivity contribution in [1.82, 2.24) is 0 Å². The molecule has 0 fully saturated rings. The molecule has 42 heavy (non-hydrogen) atoms. The van der Waals surface area contributed by atoms with Gasteiger partial charge < -0.3 is 0 Å². The van der Waals surface area contributed by atoms with Crippen LogP contribution in [-0.4, -0.2) is 31.5 Å². The van der Waals surface area contributed by atoms with E-state index in [9.17, 15) is 28.8 Å². The number of carbonyl (C=O) groups is 6. The van der Waals surface area contributed by atoms with Gasteiger partial charge in [-0.2, -0.15) is 0 Å². The van der Waals surface area contributed by atoms with Gasteiger partial charge in [-0.1, -0.05) is 0 Å². The van der Waals surface area contributed by atoms with Crippen LogP contribution in [0.4, 0.5) is 0 Å². The Hall–Kier alpha value is -3.36. The first kappa shape index (κ1) is 27.5. The van der Waals surface area contributed by atoms with Crippen LogP contribution >= 0.6 is 69.6 Å². The second-order valence-electron chi connectivity index (χ2n) is 9.72. The summed E-state index contributed by atoms with van der Waals surface area (Å²) >= 11 is 36.1. The smallest absolute Gasteiger partial charge is 0.253 e. The van der Waals surface area contributed by atoms with Crippen molar-refractivity contribution in [3.8, 4) is 0 Å². The van der Waals surface area contributed by atoms with E-state index in [0.29, 0.717) is 32.3 Å². The van der Waals surface area contributed by atoms with Gasteiger partial charge in [-0.3, -0.25) is 28.8 Å². The van der Waals surface area contributed by atoms with Gasteiger partial charge >= 0.3 is 0 Å². The molecule has 0 aliphatic heterocycles. The molecule has 0 radical (unpaired) electrons. The molecular formula is C30H6Cl6O6. The number of hydrogen-bond donors (Lipinski definition) is 0. The second-order valence-corrected chi connectivity index (χ2v) is 11.8. The molecule has 0 aromatic heterocycles. The van der Waals surface area contributed by atoms with Crippen LogP contribution in [-0.2, 0) is 0 Å². The monoisotopic (exact) mass is 672 g/mol. The SMILES string of the molecule is O=C(Cl)c1cc2c(C(=O)Cl)cc3c(C(=O)Cl)cc4c(C(=O)Cl)cc5c(C(=O)Cl)cc6c(C(=O)Cl)cc1c1c2c3c4c5c61. The lowest BCUT2D eigenvalue weighted by Crippen LogP contribution is -2.07. The van der Waals surface area contributed by atoms with E-state index in [4.69, 9.17) is 69.6 Å². The van der Waals surface area contributed by atoms with Crippen molar-refractivity contribution >= 4 is 166 Å². The van der Waals surface area contributed by atoms with Crippen LogP contribution < -0.4 is 0 Å². The molecule has 0 aliphatic rings. The molecule has 0 spiro atoms. The quantitative estimate of drug-likeness (QED) is 0.0990. The minimum absolute atomic E-state index is 0.0544. The Morgan fingerprint density at radius 2 is 0.405 bits per heavy atom. The third-order valence-corrected chi connectivity index (χ3v) is 9.08. The maximum Gasteiger partial charge on any atom is 0.253 e. The highest BCUT2D eigenvalue weighted by molar-refractivity contribution is 6.74. The van der Waals surface area contributed by atoms with E-state index >= 15 is 0 Å². The molecule has 7 aromatic rings. The number of carbonyl (C=O) groups excluding carboxylic acids is 6. The Kier molecular flexibility index (Phi) is 5.93. The lowest BCUT2D eigenvalue weighted by atomic mass is 9.77. The van der Waals surface area contributed by atoms with Crippen molar-refractivity contribution in [3.63, 3.8) is 0 Å². The van der Waals surface area contributed by atoms with Crippen molar-refractivity contribution in [2.45, 2.75) is 0 Å². The van der Waals surface area contributed by atoms with Gasteiger partial charge in [-0.15, -0.1) is 0 Å². The fourth-order valence-corrected chi connectivity index (χ4v) is 7.32. The molecule has 12 heteroatoms. The third-order valence-electron chi connectivity index (χ3n) is 7.86. The van der Waals surface area contributed by atoms with Gasteiger partial charge in [0.2, 0.25) is 0 Å². The van der Waals surface area contributed by atoms with Crippen molar-refractivity contribution < 1.29 is 28.8 Å². The summed E-state index contributed by atoms with van der Waals surface area (Å²) < 4.78 is 0. The molecule has 204 valence electrons. The fourth-order valence-electron chi connectivity index (χ4n) is 6.38. The van der Waals surface area contributed by atoms with Gasteiger partial charge in [0.15, 0.2) is 0 Å². The minimum Gasteiger partial charge on any atom is -0.276 e. The van der Waals surface area contributed by atoms with Gasteiger partial charge in [0.05, 0.1) is 0 Å². The molecule has 0 unspecified atom stereocenters. The average Bonchev–Trinajstić information content (AvgIpc) is 2.92. The van der Waals surface area contributed by atoms with E-state index in [1.54, 1.807) is 0 Å². The van der Waals surface area contributed by atoms with Crippen LogP contribution in [0.3, 0.4) is 0 Å². The van der Waals surface area contributed by atoms with E-state index in [0.717, 1.165) is 0 Å². The van der Waals surface area contributed by atoms with Crippen LogP contribution in [0.25, 0.3) is 64.6 Å². The summed E-state index contributed by atoms with van der Waals surface area (Å²) in [5.74, 6) is 0. The number of rotatable bonds is 6. The Labute approximate surface area is 262 Å². The summed E-state index contributed by atoms with van der Waals surface area (Å²) in [6.45, 7) is 0. The first-order chi connectivity index (χ1) is 19.8. The second kappa shape index (κ2) is 9.07. The van der Waals surface area contributed by atoms with Crippen molar-refractivity contribution in [1.29, 1.82) is 0 Å². The molecule has 0 aliphatic carbocycles. The lowest BCUT2D eigenvalue weighted by Gasteiger charge is -2.25. The van der Waals surface area contributed by atoms with Gasteiger partial charge in [0.25, 0.3) is 31.5 Å². The van der Waals surface area contributed by atoms with Crippen molar-refractivity contribution in [2.24, 2.45) is 0 Å². The molecule has 0 heterocycles. The number of halogens is 6. The van der Waals surface area contributed by atoms with E-state index in [-0.39, 0.29) is 65.7 Å². The molecule has 7 rings (SSSR count). The lowest BCUT2D eigenvalue weighted by molar-refractivity contribution is 0.107. The third kappa shape index (κ3) is 3.42. The van der Waals surface area contributed by atoms with E-state index in [1.807, 2.05) is 0 Å². The molecule has 0 N–H and O–H groups in total. The molecule has 0 saturated carbocycles. The zero-order chi connectivity index (χ0) is 30.1. The highest BCUT2D eigenvalue weighted by Crippen LogP contribution is 2.53. The highest BCUT2D eigenvalue weighted by Gasteiger charge is 2.31. The number of hydrogen-bond acceptors (Lipinski definition) is 6. The Balaban J connectivity index is 2.03. The van der Waals surface area contributed by atoms with Gasteiger partial charge in [-0.05, 0) is 171 Å². The summed E-state index contributed by atoms with van der Waals surface area (Å²) in [5.41, 5.74) is -0.327. The number of benzene rings is 7. The predicted molar refractivity (Wildman–Crippen MR) is 166 cm³/mol. The minimum atomic E-state index is -0.898.